The van der Waals surface area contributed by atoms with Gasteiger partial charge in [0.15, 0.2) is 11.5 Å². The van der Waals surface area contributed by atoms with Crippen molar-refractivity contribution in [3.63, 3.8) is 0 Å². The molecule has 0 N–H and O–H groups in total. The van der Waals surface area contributed by atoms with Crippen LogP contribution in [0.2, 0.25) is 0 Å². The molecule has 0 saturated heterocycles. The summed E-state index contributed by atoms with van der Waals surface area (Å²) >= 11 is 0. The third-order valence-electron chi connectivity index (χ3n) is 3.56. The Labute approximate surface area is 143 Å². The third-order valence-corrected chi connectivity index (χ3v) is 3.56. The highest BCUT2D eigenvalue weighted by molar-refractivity contribution is 5.85. The number of fused-ring (bicyclic) bond motifs is 1. The van der Waals surface area contributed by atoms with E-state index in [4.69, 9.17) is 14.2 Å². The molecule has 0 aliphatic rings. The van der Waals surface area contributed by atoms with Crippen molar-refractivity contribution in [3.05, 3.63) is 36.0 Å². The molecule has 0 fully saturated rings. The molecule has 1 aromatic carbocycles. The first-order valence-electron chi connectivity index (χ1n) is 7.30. The standard InChI is InChI=1S/C17H15N5O3/c1-23-14-8-11(9-15(24-2)16(14)25-3)7-12(10-18)22-13-5-4-6-19-17(13)20-21-22/h4-9H,1-3H3/b12-7+. The van der Waals surface area contributed by atoms with E-state index in [9.17, 15) is 5.26 Å². The second-order valence-corrected chi connectivity index (χ2v) is 4.95. The maximum Gasteiger partial charge on any atom is 0.203 e. The van der Waals surface area contributed by atoms with Crippen LogP contribution >= 0.6 is 0 Å². The Kier molecular flexibility index (Phi) is 4.48. The van der Waals surface area contributed by atoms with Crippen molar-refractivity contribution in [3.8, 4) is 23.3 Å². The molecule has 2 aromatic heterocycles. The number of rotatable bonds is 5. The first-order chi connectivity index (χ1) is 12.2. The van der Waals surface area contributed by atoms with E-state index in [1.807, 2.05) is 0 Å². The second kappa shape index (κ2) is 6.88. The summed E-state index contributed by atoms with van der Waals surface area (Å²) in [6.07, 6.45) is 3.28. The summed E-state index contributed by atoms with van der Waals surface area (Å²) in [6, 6.07) is 9.18. The number of hydrogen-bond donors (Lipinski definition) is 0. The zero-order chi connectivity index (χ0) is 17.8. The smallest absolute Gasteiger partial charge is 0.203 e. The van der Waals surface area contributed by atoms with Gasteiger partial charge in [-0.1, -0.05) is 5.21 Å². The van der Waals surface area contributed by atoms with E-state index in [1.165, 1.54) is 26.0 Å². The molecule has 0 unspecified atom stereocenters. The van der Waals surface area contributed by atoms with Crippen molar-refractivity contribution in [1.82, 2.24) is 20.0 Å². The van der Waals surface area contributed by atoms with Crippen LogP contribution in [0, 0.1) is 11.3 Å². The number of nitriles is 1. The van der Waals surface area contributed by atoms with E-state index in [2.05, 4.69) is 21.4 Å². The highest BCUT2D eigenvalue weighted by atomic mass is 16.5. The molecule has 3 aromatic rings. The topological polar surface area (TPSA) is 95.1 Å². The molecule has 8 nitrogen and oxygen atoms in total. The maximum atomic E-state index is 9.56. The number of methoxy groups -OCH3 is 3. The van der Waals surface area contributed by atoms with Crippen LogP contribution in [-0.4, -0.2) is 41.3 Å². The molecule has 3 rings (SSSR count). The van der Waals surface area contributed by atoms with Gasteiger partial charge in [0, 0.05) is 6.20 Å². The summed E-state index contributed by atoms with van der Waals surface area (Å²) in [5.41, 5.74) is 2.08. The average molecular weight is 337 g/mol. The van der Waals surface area contributed by atoms with Crippen molar-refractivity contribution in [2.24, 2.45) is 0 Å². The van der Waals surface area contributed by atoms with Crippen LogP contribution in [0.4, 0.5) is 0 Å². The fraction of sp³-hybridized carbons (Fsp3) is 0.176. The van der Waals surface area contributed by atoms with Gasteiger partial charge in [-0.05, 0) is 35.9 Å². The van der Waals surface area contributed by atoms with Gasteiger partial charge in [0.1, 0.15) is 17.3 Å². The monoisotopic (exact) mass is 337 g/mol. The van der Waals surface area contributed by atoms with Crippen molar-refractivity contribution >= 4 is 22.9 Å². The molecule has 0 radical (unpaired) electrons. The first-order valence-corrected chi connectivity index (χ1v) is 7.30. The molecule has 2 heterocycles. The minimum Gasteiger partial charge on any atom is -0.493 e. The lowest BCUT2D eigenvalue weighted by molar-refractivity contribution is 0.324. The van der Waals surface area contributed by atoms with Crippen LogP contribution in [0.15, 0.2) is 30.5 Å². The summed E-state index contributed by atoms with van der Waals surface area (Å²) in [6.45, 7) is 0. The van der Waals surface area contributed by atoms with E-state index in [1.54, 1.807) is 36.5 Å². The number of pyridine rings is 1. The molecule has 25 heavy (non-hydrogen) atoms. The summed E-state index contributed by atoms with van der Waals surface area (Å²) in [4.78, 5) is 4.12. The Morgan fingerprint density at radius 2 is 1.88 bits per heavy atom. The Balaban J connectivity index is 2.13. The van der Waals surface area contributed by atoms with Crippen LogP contribution in [0.1, 0.15) is 5.56 Å². The molecule has 0 bridgehead atoms. The Bertz CT molecular complexity index is 962. The molecule has 126 valence electrons. The van der Waals surface area contributed by atoms with Gasteiger partial charge in [-0.15, -0.1) is 5.10 Å². The van der Waals surface area contributed by atoms with Gasteiger partial charge in [-0.3, -0.25) is 0 Å². The van der Waals surface area contributed by atoms with Gasteiger partial charge in [-0.25, -0.2) is 9.67 Å². The molecule has 0 aliphatic carbocycles. The highest BCUT2D eigenvalue weighted by Crippen LogP contribution is 2.38. The SMILES string of the molecule is COc1cc(/C=C(\C#N)n2nnc3ncccc32)cc(OC)c1OC. The second-order valence-electron chi connectivity index (χ2n) is 4.95. The van der Waals surface area contributed by atoms with E-state index in [-0.39, 0.29) is 5.70 Å². The molecular formula is C17H15N5O3. The molecule has 8 heteroatoms. The Morgan fingerprint density at radius 3 is 2.48 bits per heavy atom. The van der Waals surface area contributed by atoms with Gasteiger partial charge in [0.05, 0.1) is 21.3 Å². The van der Waals surface area contributed by atoms with Gasteiger partial charge >= 0.3 is 0 Å². The van der Waals surface area contributed by atoms with Crippen LogP contribution in [-0.2, 0) is 0 Å². The van der Waals surface area contributed by atoms with E-state index < -0.39 is 0 Å². The number of benzene rings is 1. The third kappa shape index (κ3) is 2.95. The van der Waals surface area contributed by atoms with Gasteiger partial charge < -0.3 is 14.2 Å². The average Bonchev–Trinajstić information content (AvgIpc) is 3.09. The van der Waals surface area contributed by atoms with Crippen LogP contribution in [0.25, 0.3) is 22.9 Å². The fourth-order valence-corrected chi connectivity index (χ4v) is 2.43. The first kappa shape index (κ1) is 16.3. The number of nitrogens with zero attached hydrogens (tertiary/aromatic N) is 5. The number of aromatic nitrogens is 4. The maximum absolute atomic E-state index is 9.56. The minimum atomic E-state index is 0.282. The largest absolute Gasteiger partial charge is 0.493 e. The van der Waals surface area contributed by atoms with Gasteiger partial charge in [0.25, 0.3) is 0 Å². The van der Waals surface area contributed by atoms with Gasteiger partial charge in [-0.2, -0.15) is 5.26 Å². The van der Waals surface area contributed by atoms with E-state index >= 15 is 0 Å². The van der Waals surface area contributed by atoms with Crippen molar-refractivity contribution in [1.29, 1.82) is 5.26 Å². The van der Waals surface area contributed by atoms with E-state index in [0.717, 1.165) is 0 Å². The van der Waals surface area contributed by atoms with Crippen LogP contribution < -0.4 is 14.2 Å². The molecule has 0 saturated carbocycles. The zero-order valence-electron chi connectivity index (χ0n) is 13.9. The quantitative estimate of drug-likeness (QED) is 0.660. The predicted octanol–water partition coefficient (Wildman–Crippen LogP) is 2.37. The lowest BCUT2D eigenvalue weighted by atomic mass is 10.1. The predicted molar refractivity (Wildman–Crippen MR) is 91.2 cm³/mol. The molecule has 0 aliphatic heterocycles. The zero-order valence-corrected chi connectivity index (χ0v) is 13.9. The summed E-state index contributed by atoms with van der Waals surface area (Å²) in [5, 5.41) is 17.5. The number of allylic oxidation sites excluding steroid dienone is 1. The van der Waals surface area contributed by atoms with Crippen molar-refractivity contribution < 1.29 is 14.2 Å². The summed E-state index contributed by atoms with van der Waals surface area (Å²) in [7, 11) is 4.60. The molecule has 0 amide bonds. The molecule has 0 spiro atoms. The fourth-order valence-electron chi connectivity index (χ4n) is 2.43. The number of ether oxygens (including phenoxy) is 3. The van der Waals surface area contributed by atoms with Gasteiger partial charge in [0.2, 0.25) is 11.4 Å². The molecule has 0 atom stereocenters. The normalized spacial score (nSPS) is 11.2. The minimum absolute atomic E-state index is 0.282. The lowest BCUT2D eigenvalue weighted by Gasteiger charge is -2.13. The van der Waals surface area contributed by atoms with Crippen LogP contribution in [0.5, 0.6) is 17.2 Å². The Hall–Kier alpha value is -3.60. The Morgan fingerprint density at radius 1 is 1.16 bits per heavy atom. The summed E-state index contributed by atoms with van der Waals surface area (Å²) < 4.78 is 17.4. The lowest BCUT2D eigenvalue weighted by Crippen LogP contribution is -1.99. The van der Waals surface area contributed by atoms with Crippen molar-refractivity contribution in [2.45, 2.75) is 0 Å². The van der Waals surface area contributed by atoms with Crippen LogP contribution in [0.3, 0.4) is 0 Å². The number of hydrogen-bond acceptors (Lipinski definition) is 7. The van der Waals surface area contributed by atoms with E-state index in [0.29, 0.717) is 34.0 Å². The summed E-state index contributed by atoms with van der Waals surface area (Å²) in [5.74, 6) is 1.47. The van der Waals surface area contributed by atoms with Crippen molar-refractivity contribution in [2.75, 3.05) is 21.3 Å². The molecular weight excluding hydrogens is 322 g/mol. The highest BCUT2D eigenvalue weighted by Gasteiger charge is 2.14.